The molecule has 5 nitrogen and oxygen atoms in total. The van der Waals surface area contributed by atoms with Crippen molar-refractivity contribution in [3.05, 3.63) is 64.4 Å². The van der Waals surface area contributed by atoms with Crippen LogP contribution in [0, 0.1) is 0 Å². The highest BCUT2D eigenvalue weighted by Gasteiger charge is 2.31. The number of amides is 1. The summed E-state index contributed by atoms with van der Waals surface area (Å²) in [5.41, 5.74) is 2.61. The molecule has 4 rings (SSSR count). The Morgan fingerprint density at radius 3 is 2.55 bits per heavy atom. The number of unbranched alkanes of at least 4 members (excludes halogenated alkanes) is 1. The fraction of sp³-hybridized carbons (Fsp3) is 0.348. The molecule has 0 N–H and O–H groups in total. The number of aryl methyl sites for hydroxylation is 1. The highest BCUT2D eigenvalue weighted by molar-refractivity contribution is 8.00. The largest absolute Gasteiger partial charge is 0.345 e. The molecule has 2 aromatic carbocycles. The third-order valence-electron chi connectivity index (χ3n) is 5.38. The minimum absolute atomic E-state index is 0.0962. The minimum Gasteiger partial charge on any atom is -0.345 e. The first-order chi connectivity index (χ1) is 14.1. The van der Waals surface area contributed by atoms with Gasteiger partial charge in [0.2, 0.25) is 5.91 Å². The number of aromatic nitrogens is 2. The molecular weight excluding hydrogens is 382 g/mol. The molecule has 1 saturated heterocycles. The molecule has 6 heteroatoms. The zero-order chi connectivity index (χ0) is 20.4. The van der Waals surface area contributed by atoms with Crippen molar-refractivity contribution in [2.75, 3.05) is 13.6 Å². The second-order valence-corrected chi connectivity index (χ2v) is 8.65. The Morgan fingerprint density at radius 2 is 1.86 bits per heavy atom. The number of carbonyl (C=O) groups is 1. The molecule has 0 spiro atoms. The predicted octanol–water partition coefficient (Wildman–Crippen LogP) is 4.05. The summed E-state index contributed by atoms with van der Waals surface area (Å²) in [6.07, 6.45) is 4.10. The first-order valence-electron chi connectivity index (χ1n) is 10.1. The number of likely N-dealkylation sites (tertiary alicyclic amines) is 1. The predicted molar refractivity (Wildman–Crippen MR) is 118 cm³/mol. The van der Waals surface area contributed by atoms with Crippen molar-refractivity contribution in [3.63, 3.8) is 0 Å². The maximum absolute atomic E-state index is 13.3. The molecule has 0 aliphatic carbocycles. The summed E-state index contributed by atoms with van der Waals surface area (Å²) in [5.74, 6) is 0.0962. The van der Waals surface area contributed by atoms with E-state index in [0.29, 0.717) is 16.1 Å². The van der Waals surface area contributed by atoms with Crippen LogP contribution in [0.4, 0.5) is 0 Å². The first-order valence-corrected chi connectivity index (χ1v) is 11.0. The van der Waals surface area contributed by atoms with Crippen LogP contribution in [0.3, 0.4) is 0 Å². The quantitative estimate of drug-likeness (QED) is 0.579. The Balaban J connectivity index is 1.79. The minimum atomic E-state index is -0.205. The Kier molecular flexibility index (Phi) is 5.72. The Morgan fingerprint density at radius 1 is 1.10 bits per heavy atom. The summed E-state index contributed by atoms with van der Waals surface area (Å²) in [6.45, 7) is 2.92. The van der Waals surface area contributed by atoms with Gasteiger partial charge in [-0.1, -0.05) is 49.4 Å². The molecule has 1 aromatic heterocycles. The zero-order valence-corrected chi connectivity index (χ0v) is 17.6. The van der Waals surface area contributed by atoms with Gasteiger partial charge < -0.3 is 4.90 Å². The summed E-state index contributed by atoms with van der Waals surface area (Å²) >= 11 is 1.39. The molecule has 1 fully saturated rings. The summed E-state index contributed by atoms with van der Waals surface area (Å²) in [5, 5.41) is 0.952. The Bertz CT molecular complexity index is 1090. The second-order valence-electron chi connectivity index (χ2n) is 7.48. The van der Waals surface area contributed by atoms with E-state index in [2.05, 4.69) is 19.1 Å². The van der Waals surface area contributed by atoms with E-state index in [1.165, 1.54) is 17.3 Å². The molecule has 0 radical (unpaired) electrons. The van der Waals surface area contributed by atoms with Crippen molar-refractivity contribution in [2.24, 2.45) is 0 Å². The Hall–Kier alpha value is -2.60. The van der Waals surface area contributed by atoms with Crippen molar-refractivity contribution in [3.8, 4) is 5.69 Å². The van der Waals surface area contributed by atoms with Crippen LogP contribution in [0.1, 0.15) is 31.7 Å². The van der Waals surface area contributed by atoms with Gasteiger partial charge in [0, 0.05) is 13.6 Å². The maximum atomic E-state index is 13.3. The fourth-order valence-corrected chi connectivity index (χ4v) is 4.84. The highest BCUT2D eigenvalue weighted by atomic mass is 32.2. The summed E-state index contributed by atoms with van der Waals surface area (Å²) < 4.78 is 1.65. The molecular formula is C23H25N3O2S. The van der Waals surface area contributed by atoms with Crippen LogP contribution in [0.5, 0.6) is 0 Å². The molecule has 1 aliphatic heterocycles. The van der Waals surface area contributed by atoms with Crippen LogP contribution >= 0.6 is 11.8 Å². The number of thioether (sulfide) groups is 1. The van der Waals surface area contributed by atoms with Crippen molar-refractivity contribution >= 4 is 28.6 Å². The van der Waals surface area contributed by atoms with Gasteiger partial charge in [-0.25, -0.2) is 4.98 Å². The van der Waals surface area contributed by atoms with Crippen LogP contribution in [0.2, 0.25) is 0 Å². The van der Waals surface area contributed by atoms with Crippen LogP contribution in [0.15, 0.2) is 58.5 Å². The second kappa shape index (κ2) is 8.41. The smallest absolute Gasteiger partial charge is 0.266 e. The van der Waals surface area contributed by atoms with Gasteiger partial charge in [0.1, 0.15) is 0 Å². The number of hydrogen-bond acceptors (Lipinski definition) is 4. The number of carbonyl (C=O) groups excluding carboxylic acids is 1. The lowest BCUT2D eigenvalue weighted by Crippen LogP contribution is -2.26. The zero-order valence-electron chi connectivity index (χ0n) is 16.8. The van der Waals surface area contributed by atoms with Gasteiger partial charge in [0.25, 0.3) is 5.56 Å². The third kappa shape index (κ3) is 3.94. The van der Waals surface area contributed by atoms with Crippen molar-refractivity contribution in [1.82, 2.24) is 14.5 Å². The van der Waals surface area contributed by atoms with Crippen LogP contribution in [0.25, 0.3) is 16.6 Å². The molecule has 2 heterocycles. The van der Waals surface area contributed by atoms with Gasteiger partial charge in [-0.3, -0.25) is 14.2 Å². The van der Waals surface area contributed by atoms with E-state index in [9.17, 15) is 9.59 Å². The number of para-hydroxylation sites is 1. The molecule has 0 saturated carbocycles. The lowest BCUT2D eigenvalue weighted by molar-refractivity contribution is -0.126. The van der Waals surface area contributed by atoms with E-state index in [1.54, 1.807) is 15.5 Å². The third-order valence-corrected chi connectivity index (χ3v) is 6.59. The van der Waals surface area contributed by atoms with Gasteiger partial charge in [0.05, 0.1) is 21.8 Å². The normalized spacial score (nSPS) is 16.7. The van der Waals surface area contributed by atoms with Crippen LogP contribution < -0.4 is 5.56 Å². The van der Waals surface area contributed by atoms with Gasteiger partial charge >= 0.3 is 0 Å². The van der Waals surface area contributed by atoms with Gasteiger partial charge in [-0.15, -0.1) is 0 Å². The average Bonchev–Trinajstić information content (AvgIpc) is 3.05. The van der Waals surface area contributed by atoms with E-state index in [1.807, 2.05) is 37.4 Å². The van der Waals surface area contributed by atoms with Gasteiger partial charge in [-0.05, 0) is 49.1 Å². The number of rotatable bonds is 6. The number of fused-ring (bicyclic) bond motifs is 1. The molecule has 1 amide bonds. The Labute approximate surface area is 174 Å². The maximum Gasteiger partial charge on any atom is 0.266 e. The molecule has 1 aliphatic rings. The van der Waals surface area contributed by atoms with Crippen molar-refractivity contribution < 1.29 is 4.79 Å². The summed E-state index contributed by atoms with van der Waals surface area (Å²) in [6, 6.07) is 15.5. The van der Waals surface area contributed by atoms with Crippen LogP contribution in [-0.2, 0) is 11.2 Å². The first kappa shape index (κ1) is 19.7. The van der Waals surface area contributed by atoms with E-state index in [0.717, 1.165) is 37.9 Å². The lowest BCUT2D eigenvalue weighted by Gasteiger charge is -2.16. The molecule has 1 unspecified atom stereocenters. The fourth-order valence-electron chi connectivity index (χ4n) is 3.64. The topological polar surface area (TPSA) is 55.2 Å². The van der Waals surface area contributed by atoms with E-state index in [4.69, 9.17) is 4.98 Å². The number of benzene rings is 2. The SMILES string of the molecule is CCCCc1ccc(-n2c(SC3CCN(C)C3=O)nc3ccccc3c2=O)cc1. The monoisotopic (exact) mass is 407 g/mol. The molecule has 29 heavy (non-hydrogen) atoms. The standard InChI is InChI=1S/C23H25N3O2S/c1-3-4-7-16-10-12-17(13-11-16)26-21(27)18-8-5-6-9-19(18)24-23(26)29-20-14-15-25(2)22(20)28/h5-6,8-13,20H,3-4,7,14-15H2,1-2H3. The molecule has 0 bridgehead atoms. The van der Waals surface area contributed by atoms with E-state index >= 15 is 0 Å². The van der Waals surface area contributed by atoms with Crippen LogP contribution in [-0.4, -0.2) is 39.2 Å². The van der Waals surface area contributed by atoms with E-state index < -0.39 is 0 Å². The highest BCUT2D eigenvalue weighted by Crippen LogP contribution is 2.30. The molecule has 1 atom stereocenters. The average molecular weight is 408 g/mol. The van der Waals surface area contributed by atoms with Crippen molar-refractivity contribution in [1.29, 1.82) is 0 Å². The summed E-state index contributed by atoms with van der Waals surface area (Å²) in [4.78, 5) is 32.3. The van der Waals surface area contributed by atoms with Gasteiger partial charge in [0.15, 0.2) is 5.16 Å². The number of nitrogens with zero attached hydrogens (tertiary/aromatic N) is 3. The number of hydrogen-bond donors (Lipinski definition) is 0. The molecule has 150 valence electrons. The van der Waals surface area contributed by atoms with E-state index in [-0.39, 0.29) is 16.7 Å². The lowest BCUT2D eigenvalue weighted by atomic mass is 10.1. The molecule has 3 aromatic rings. The van der Waals surface area contributed by atoms with Gasteiger partial charge in [-0.2, -0.15) is 0 Å². The van der Waals surface area contributed by atoms with Crippen molar-refractivity contribution in [2.45, 2.75) is 43.0 Å². The summed E-state index contributed by atoms with van der Waals surface area (Å²) in [7, 11) is 1.82.